The molecule has 0 heterocycles. The van der Waals surface area contributed by atoms with E-state index in [-0.39, 0.29) is 5.54 Å². The summed E-state index contributed by atoms with van der Waals surface area (Å²) in [5.74, 6) is 0.315. The normalized spacial score (nSPS) is 22.8. The van der Waals surface area contributed by atoms with Gasteiger partial charge >= 0.3 is 0 Å². The smallest absolute Gasteiger partial charge is 0.224 e. The highest BCUT2D eigenvalue weighted by Crippen LogP contribution is 2.32. The van der Waals surface area contributed by atoms with Gasteiger partial charge in [-0.05, 0) is 32.1 Å². The quantitative estimate of drug-likeness (QED) is 0.790. The van der Waals surface area contributed by atoms with E-state index in [0.717, 1.165) is 32.2 Å². The van der Waals surface area contributed by atoms with Crippen molar-refractivity contribution in [2.45, 2.75) is 82.7 Å². The van der Waals surface area contributed by atoms with E-state index in [1.54, 1.807) is 0 Å². The molecule has 3 nitrogen and oxygen atoms in total. The van der Waals surface area contributed by atoms with Gasteiger partial charge in [0.1, 0.15) is 0 Å². The molecule has 0 aromatic carbocycles. The first-order valence-electron chi connectivity index (χ1n) is 7.73. The minimum Gasteiger partial charge on any atom is -0.340 e. The number of unbranched alkanes of at least 4 members (excludes halogenated alkanes) is 1. The zero-order valence-corrected chi connectivity index (χ0v) is 11.8. The van der Waals surface area contributed by atoms with Crippen molar-refractivity contribution in [2.24, 2.45) is 5.73 Å². The van der Waals surface area contributed by atoms with Crippen molar-refractivity contribution in [3.63, 3.8) is 0 Å². The third-order valence-electron chi connectivity index (χ3n) is 4.41. The zero-order chi connectivity index (χ0) is 13.0. The Labute approximate surface area is 111 Å². The first-order valence-corrected chi connectivity index (χ1v) is 7.73. The van der Waals surface area contributed by atoms with Crippen molar-refractivity contribution in [3.05, 3.63) is 0 Å². The molecule has 0 aliphatic heterocycles. The van der Waals surface area contributed by atoms with Gasteiger partial charge in [0.2, 0.25) is 5.91 Å². The Kier molecular flexibility index (Phi) is 4.66. The molecule has 2 N–H and O–H groups in total. The standard InChI is InChI=1S/C15H28N2O/c1-2-3-11-17(13-7-8-13)14(18)12-15(16)9-5-4-6-10-15/h13H,2-12,16H2,1H3. The van der Waals surface area contributed by atoms with Crippen LogP contribution in [0.15, 0.2) is 0 Å². The second-order valence-corrected chi connectivity index (χ2v) is 6.27. The van der Waals surface area contributed by atoms with E-state index in [1.165, 1.54) is 32.1 Å². The van der Waals surface area contributed by atoms with Crippen molar-refractivity contribution in [1.82, 2.24) is 4.90 Å². The van der Waals surface area contributed by atoms with E-state index in [9.17, 15) is 4.79 Å². The van der Waals surface area contributed by atoms with Gasteiger partial charge in [0, 0.05) is 24.5 Å². The van der Waals surface area contributed by atoms with Crippen LogP contribution >= 0.6 is 0 Å². The van der Waals surface area contributed by atoms with Crippen LogP contribution in [-0.4, -0.2) is 28.9 Å². The number of nitrogens with zero attached hydrogens (tertiary/aromatic N) is 1. The van der Waals surface area contributed by atoms with Gasteiger partial charge in [0.05, 0.1) is 0 Å². The number of amides is 1. The Morgan fingerprint density at radius 2 is 1.94 bits per heavy atom. The molecule has 0 atom stereocenters. The maximum atomic E-state index is 12.4. The Bertz CT molecular complexity index is 280. The lowest BCUT2D eigenvalue weighted by Gasteiger charge is -2.35. The van der Waals surface area contributed by atoms with Gasteiger partial charge < -0.3 is 10.6 Å². The van der Waals surface area contributed by atoms with Gasteiger partial charge in [-0.3, -0.25) is 4.79 Å². The Balaban J connectivity index is 1.87. The third-order valence-corrected chi connectivity index (χ3v) is 4.41. The molecule has 18 heavy (non-hydrogen) atoms. The summed E-state index contributed by atoms with van der Waals surface area (Å²) in [5.41, 5.74) is 6.20. The second kappa shape index (κ2) is 6.05. The maximum Gasteiger partial charge on any atom is 0.224 e. The van der Waals surface area contributed by atoms with Crippen molar-refractivity contribution in [3.8, 4) is 0 Å². The fourth-order valence-corrected chi connectivity index (χ4v) is 3.06. The minimum absolute atomic E-state index is 0.200. The summed E-state index contributed by atoms with van der Waals surface area (Å²) in [6.45, 7) is 3.12. The summed E-state index contributed by atoms with van der Waals surface area (Å²) in [4.78, 5) is 14.6. The van der Waals surface area contributed by atoms with E-state index < -0.39 is 0 Å². The van der Waals surface area contributed by atoms with Crippen LogP contribution < -0.4 is 5.73 Å². The number of hydrogen-bond acceptors (Lipinski definition) is 2. The molecule has 1 amide bonds. The van der Waals surface area contributed by atoms with Crippen LogP contribution in [0.4, 0.5) is 0 Å². The molecular formula is C15H28N2O. The monoisotopic (exact) mass is 252 g/mol. The minimum atomic E-state index is -0.200. The summed E-state index contributed by atoms with van der Waals surface area (Å²) in [5, 5.41) is 0. The number of hydrogen-bond donors (Lipinski definition) is 1. The topological polar surface area (TPSA) is 46.3 Å². The molecule has 2 fully saturated rings. The molecule has 2 aliphatic rings. The molecule has 3 heteroatoms. The molecule has 0 spiro atoms. The third kappa shape index (κ3) is 3.71. The van der Waals surface area contributed by atoms with E-state index >= 15 is 0 Å². The Morgan fingerprint density at radius 1 is 1.28 bits per heavy atom. The molecule has 104 valence electrons. The van der Waals surface area contributed by atoms with Gasteiger partial charge in [0.25, 0.3) is 0 Å². The first kappa shape index (κ1) is 13.9. The number of rotatable bonds is 6. The van der Waals surface area contributed by atoms with Gasteiger partial charge in [-0.1, -0.05) is 32.6 Å². The highest BCUT2D eigenvalue weighted by Gasteiger charge is 2.36. The predicted molar refractivity (Wildman–Crippen MR) is 74.3 cm³/mol. The zero-order valence-electron chi connectivity index (χ0n) is 11.8. The molecule has 2 aliphatic carbocycles. The van der Waals surface area contributed by atoms with Crippen LogP contribution in [0.3, 0.4) is 0 Å². The molecule has 0 aromatic heterocycles. The number of carbonyl (C=O) groups is 1. The highest BCUT2D eigenvalue weighted by atomic mass is 16.2. The number of carbonyl (C=O) groups excluding carboxylic acids is 1. The van der Waals surface area contributed by atoms with Crippen molar-refractivity contribution >= 4 is 5.91 Å². The second-order valence-electron chi connectivity index (χ2n) is 6.27. The summed E-state index contributed by atoms with van der Waals surface area (Å²) in [6.07, 6.45) is 11.0. The molecule has 2 rings (SSSR count). The van der Waals surface area contributed by atoms with Crippen LogP contribution in [0.25, 0.3) is 0 Å². The van der Waals surface area contributed by atoms with Gasteiger partial charge in [-0.25, -0.2) is 0 Å². The Hall–Kier alpha value is -0.570. The lowest BCUT2D eigenvalue weighted by molar-refractivity contribution is -0.133. The van der Waals surface area contributed by atoms with Gasteiger partial charge in [0.15, 0.2) is 0 Å². The fourth-order valence-electron chi connectivity index (χ4n) is 3.06. The summed E-state index contributed by atoms with van der Waals surface area (Å²) >= 11 is 0. The van der Waals surface area contributed by atoms with E-state index in [1.807, 2.05) is 0 Å². The molecule has 0 aromatic rings. The first-order chi connectivity index (χ1) is 8.64. The lowest BCUT2D eigenvalue weighted by Crippen LogP contribution is -2.47. The van der Waals surface area contributed by atoms with Crippen LogP contribution in [-0.2, 0) is 4.79 Å². The summed E-state index contributed by atoms with van der Waals surface area (Å²) in [7, 11) is 0. The van der Waals surface area contributed by atoms with Crippen molar-refractivity contribution in [1.29, 1.82) is 0 Å². The van der Waals surface area contributed by atoms with Crippen LogP contribution in [0.1, 0.15) is 71.1 Å². The predicted octanol–water partition coefficient (Wildman–Crippen LogP) is 2.83. The fraction of sp³-hybridized carbons (Fsp3) is 0.933. The molecule has 0 radical (unpaired) electrons. The average Bonchev–Trinajstić information content (AvgIpc) is 3.14. The van der Waals surface area contributed by atoms with Crippen LogP contribution in [0.5, 0.6) is 0 Å². The largest absolute Gasteiger partial charge is 0.340 e. The summed E-state index contributed by atoms with van der Waals surface area (Å²) in [6, 6.07) is 0.538. The van der Waals surface area contributed by atoms with E-state index in [2.05, 4.69) is 11.8 Å². The molecule has 2 saturated carbocycles. The molecule has 0 bridgehead atoms. The maximum absolute atomic E-state index is 12.4. The molecule has 0 unspecified atom stereocenters. The van der Waals surface area contributed by atoms with Crippen LogP contribution in [0, 0.1) is 0 Å². The molecule has 0 saturated heterocycles. The van der Waals surface area contributed by atoms with E-state index in [4.69, 9.17) is 5.73 Å². The molecular weight excluding hydrogens is 224 g/mol. The Morgan fingerprint density at radius 3 is 2.50 bits per heavy atom. The SMILES string of the molecule is CCCCN(C(=O)CC1(N)CCCCC1)C1CC1. The van der Waals surface area contributed by atoms with Crippen molar-refractivity contribution < 1.29 is 4.79 Å². The van der Waals surface area contributed by atoms with Gasteiger partial charge in [-0.2, -0.15) is 0 Å². The number of nitrogens with two attached hydrogens (primary N) is 1. The summed E-state index contributed by atoms with van der Waals surface area (Å²) < 4.78 is 0. The highest BCUT2D eigenvalue weighted by molar-refractivity contribution is 5.78. The van der Waals surface area contributed by atoms with E-state index in [0.29, 0.717) is 18.4 Å². The van der Waals surface area contributed by atoms with Crippen LogP contribution in [0.2, 0.25) is 0 Å². The average molecular weight is 252 g/mol. The van der Waals surface area contributed by atoms with Crippen molar-refractivity contribution in [2.75, 3.05) is 6.54 Å². The van der Waals surface area contributed by atoms with Gasteiger partial charge in [-0.15, -0.1) is 0 Å². The lowest BCUT2D eigenvalue weighted by atomic mass is 9.80.